The fourth-order valence-electron chi connectivity index (χ4n) is 2.76. The highest BCUT2D eigenvalue weighted by Crippen LogP contribution is 2.36. The molecule has 0 radical (unpaired) electrons. The maximum absolute atomic E-state index is 9.70. The zero-order chi connectivity index (χ0) is 12.3. The molecule has 0 aromatic rings. The van der Waals surface area contributed by atoms with Crippen LogP contribution in [0.2, 0.25) is 0 Å². The molecule has 2 nitrogen and oxygen atoms in total. The molecule has 2 saturated carbocycles. The van der Waals surface area contributed by atoms with Crippen LogP contribution in [-0.4, -0.2) is 36.2 Å². The summed E-state index contributed by atoms with van der Waals surface area (Å²) < 4.78 is 0. The molecule has 2 aliphatic rings. The van der Waals surface area contributed by atoms with E-state index < -0.39 is 0 Å². The van der Waals surface area contributed by atoms with E-state index in [1.54, 1.807) is 0 Å². The van der Waals surface area contributed by atoms with E-state index in [0.29, 0.717) is 6.61 Å². The van der Waals surface area contributed by atoms with Crippen LogP contribution < -0.4 is 0 Å². The summed E-state index contributed by atoms with van der Waals surface area (Å²) in [6.45, 7) is 8.50. The van der Waals surface area contributed by atoms with E-state index in [2.05, 4.69) is 18.7 Å². The van der Waals surface area contributed by atoms with Gasteiger partial charge in [-0.2, -0.15) is 0 Å². The van der Waals surface area contributed by atoms with Gasteiger partial charge < -0.3 is 10.0 Å². The first-order chi connectivity index (χ1) is 8.21. The molecule has 17 heavy (non-hydrogen) atoms. The molecule has 0 bridgehead atoms. The molecular formula is C15H29NO. The predicted molar refractivity (Wildman–Crippen MR) is 72.0 cm³/mol. The standard InChI is InChI=1S/C15H29NO/c1-3-15(4-2,12-17)11-16(9-13-5-6-13)10-14-7-8-14/h13-14,17H,3-12H2,1-2H3. The summed E-state index contributed by atoms with van der Waals surface area (Å²) in [7, 11) is 0. The van der Waals surface area contributed by atoms with Gasteiger partial charge in [-0.3, -0.25) is 0 Å². The quantitative estimate of drug-likeness (QED) is 0.669. The first-order valence-corrected chi connectivity index (χ1v) is 7.54. The lowest BCUT2D eigenvalue weighted by atomic mass is 9.82. The lowest BCUT2D eigenvalue weighted by Gasteiger charge is -2.36. The van der Waals surface area contributed by atoms with E-state index in [4.69, 9.17) is 0 Å². The van der Waals surface area contributed by atoms with Gasteiger partial charge in [-0.1, -0.05) is 13.8 Å². The van der Waals surface area contributed by atoms with Crippen molar-refractivity contribution in [3.8, 4) is 0 Å². The molecule has 0 heterocycles. The number of hydrogen-bond donors (Lipinski definition) is 1. The number of hydrogen-bond acceptors (Lipinski definition) is 2. The Balaban J connectivity index is 1.87. The minimum Gasteiger partial charge on any atom is -0.396 e. The third-order valence-corrected chi connectivity index (χ3v) is 4.82. The van der Waals surface area contributed by atoms with Gasteiger partial charge in [0.25, 0.3) is 0 Å². The molecule has 2 rings (SSSR count). The summed E-state index contributed by atoms with van der Waals surface area (Å²) >= 11 is 0. The largest absolute Gasteiger partial charge is 0.396 e. The number of aliphatic hydroxyl groups is 1. The molecule has 2 heteroatoms. The molecule has 0 spiro atoms. The van der Waals surface area contributed by atoms with Gasteiger partial charge in [0.15, 0.2) is 0 Å². The lowest BCUT2D eigenvalue weighted by Crippen LogP contribution is -2.41. The molecule has 0 aromatic heterocycles. The van der Waals surface area contributed by atoms with Gasteiger partial charge in [0.05, 0.1) is 0 Å². The Morgan fingerprint density at radius 2 is 1.47 bits per heavy atom. The van der Waals surface area contributed by atoms with Crippen LogP contribution in [0.25, 0.3) is 0 Å². The van der Waals surface area contributed by atoms with Gasteiger partial charge in [0.2, 0.25) is 0 Å². The predicted octanol–water partition coefficient (Wildman–Crippen LogP) is 2.91. The number of aliphatic hydroxyl groups excluding tert-OH is 1. The van der Waals surface area contributed by atoms with Crippen molar-refractivity contribution in [3.63, 3.8) is 0 Å². The van der Waals surface area contributed by atoms with Crippen molar-refractivity contribution >= 4 is 0 Å². The van der Waals surface area contributed by atoms with Crippen LogP contribution >= 0.6 is 0 Å². The van der Waals surface area contributed by atoms with Crippen LogP contribution in [0.4, 0.5) is 0 Å². The first-order valence-electron chi connectivity index (χ1n) is 7.54. The van der Waals surface area contributed by atoms with Gasteiger partial charge in [0, 0.05) is 31.7 Å². The van der Waals surface area contributed by atoms with Crippen LogP contribution in [0.15, 0.2) is 0 Å². The second-order valence-corrected chi connectivity index (χ2v) is 6.45. The summed E-state index contributed by atoms with van der Waals surface area (Å²) in [6.07, 6.45) is 7.95. The highest BCUT2D eigenvalue weighted by Gasteiger charge is 2.34. The summed E-state index contributed by atoms with van der Waals surface area (Å²) in [5.41, 5.74) is 0.157. The third kappa shape index (κ3) is 3.96. The van der Waals surface area contributed by atoms with Crippen molar-refractivity contribution in [2.24, 2.45) is 17.3 Å². The highest BCUT2D eigenvalue weighted by molar-refractivity contribution is 4.87. The van der Waals surface area contributed by atoms with Gasteiger partial charge in [-0.05, 0) is 50.4 Å². The van der Waals surface area contributed by atoms with Crippen LogP contribution in [0.1, 0.15) is 52.4 Å². The second kappa shape index (κ2) is 5.71. The van der Waals surface area contributed by atoms with Crippen LogP contribution in [0.3, 0.4) is 0 Å². The van der Waals surface area contributed by atoms with Gasteiger partial charge >= 0.3 is 0 Å². The average Bonchev–Trinajstić information content (AvgIpc) is 3.22. The Bertz CT molecular complexity index is 207. The van der Waals surface area contributed by atoms with E-state index in [-0.39, 0.29) is 5.41 Å². The minimum absolute atomic E-state index is 0.157. The van der Waals surface area contributed by atoms with Gasteiger partial charge in [-0.15, -0.1) is 0 Å². The van der Waals surface area contributed by atoms with Crippen LogP contribution in [0.5, 0.6) is 0 Å². The molecule has 0 aromatic carbocycles. The summed E-state index contributed by atoms with van der Waals surface area (Å²) in [4.78, 5) is 2.67. The molecule has 100 valence electrons. The van der Waals surface area contributed by atoms with Crippen molar-refractivity contribution in [1.29, 1.82) is 0 Å². The Morgan fingerprint density at radius 1 is 1.00 bits per heavy atom. The molecule has 2 aliphatic carbocycles. The van der Waals surface area contributed by atoms with Crippen molar-refractivity contribution in [1.82, 2.24) is 4.90 Å². The topological polar surface area (TPSA) is 23.5 Å². The zero-order valence-electron chi connectivity index (χ0n) is 11.6. The molecule has 1 N–H and O–H groups in total. The lowest BCUT2D eigenvalue weighted by molar-refractivity contribution is 0.0617. The van der Waals surface area contributed by atoms with E-state index in [0.717, 1.165) is 31.2 Å². The summed E-state index contributed by atoms with van der Waals surface area (Å²) in [5, 5.41) is 9.70. The van der Waals surface area contributed by atoms with Crippen molar-refractivity contribution in [3.05, 3.63) is 0 Å². The molecule has 0 aliphatic heterocycles. The Morgan fingerprint density at radius 3 is 1.76 bits per heavy atom. The minimum atomic E-state index is 0.157. The Hall–Kier alpha value is -0.0800. The van der Waals surface area contributed by atoms with Gasteiger partial charge in [0.1, 0.15) is 0 Å². The molecule has 0 atom stereocenters. The van der Waals surface area contributed by atoms with E-state index in [1.807, 2.05) is 0 Å². The highest BCUT2D eigenvalue weighted by atomic mass is 16.3. The Labute approximate surface area is 106 Å². The number of rotatable bonds is 9. The van der Waals surface area contributed by atoms with E-state index in [9.17, 15) is 5.11 Å². The molecule has 0 saturated heterocycles. The fraction of sp³-hybridized carbons (Fsp3) is 1.00. The Kier molecular flexibility index (Phi) is 4.48. The third-order valence-electron chi connectivity index (χ3n) is 4.82. The van der Waals surface area contributed by atoms with Crippen LogP contribution in [-0.2, 0) is 0 Å². The first kappa shape index (κ1) is 13.4. The smallest absolute Gasteiger partial charge is 0.0499 e. The van der Waals surface area contributed by atoms with E-state index in [1.165, 1.54) is 38.8 Å². The van der Waals surface area contributed by atoms with E-state index >= 15 is 0 Å². The monoisotopic (exact) mass is 239 g/mol. The summed E-state index contributed by atoms with van der Waals surface area (Å²) in [6, 6.07) is 0. The van der Waals surface area contributed by atoms with Crippen molar-refractivity contribution in [2.75, 3.05) is 26.2 Å². The average molecular weight is 239 g/mol. The normalized spacial score (nSPS) is 21.2. The van der Waals surface area contributed by atoms with Crippen molar-refractivity contribution < 1.29 is 5.11 Å². The molecule has 2 fully saturated rings. The summed E-state index contributed by atoms with van der Waals surface area (Å²) in [5.74, 6) is 1.94. The maximum Gasteiger partial charge on any atom is 0.0499 e. The van der Waals surface area contributed by atoms with Crippen LogP contribution in [0, 0.1) is 17.3 Å². The molecule has 0 amide bonds. The zero-order valence-corrected chi connectivity index (χ0v) is 11.6. The van der Waals surface area contributed by atoms with Gasteiger partial charge in [-0.25, -0.2) is 0 Å². The van der Waals surface area contributed by atoms with Crippen molar-refractivity contribution in [2.45, 2.75) is 52.4 Å². The second-order valence-electron chi connectivity index (χ2n) is 6.45. The SMILES string of the molecule is CCC(CC)(CO)CN(CC1CC1)CC1CC1. The number of nitrogens with zero attached hydrogens (tertiary/aromatic N) is 1. The fourth-order valence-corrected chi connectivity index (χ4v) is 2.76. The molecule has 0 unspecified atom stereocenters. The maximum atomic E-state index is 9.70. The molecular weight excluding hydrogens is 210 g/mol.